The van der Waals surface area contributed by atoms with E-state index in [1.807, 2.05) is 43.8 Å². The van der Waals surface area contributed by atoms with Gasteiger partial charge >= 0.3 is 0 Å². The normalized spacial score (nSPS) is 10.6. The number of carbonyl (C=O) groups is 1. The molecule has 0 aliphatic rings. The van der Waals surface area contributed by atoms with E-state index in [0.717, 1.165) is 39.2 Å². The van der Waals surface area contributed by atoms with E-state index in [1.54, 1.807) is 0 Å². The van der Waals surface area contributed by atoms with Gasteiger partial charge in [0.1, 0.15) is 0 Å². The third kappa shape index (κ3) is 6.04. The lowest BCUT2D eigenvalue weighted by Gasteiger charge is -2.11. The Hall–Kier alpha value is -1.26. The highest BCUT2D eigenvalue weighted by Gasteiger charge is 2.07. The van der Waals surface area contributed by atoms with Crippen molar-refractivity contribution in [2.75, 3.05) is 11.1 Å². The van der Waals surface area contributed by atoms with Crippen molar-refractivity contribution in [1.29, 1.82) is 0 Å². The molecule has 0 bridgehead atoms. The maximum atomic E-state index is 12.1. The fourth-order valence-corrected chi connectivity index (χ4v) is 3.50. The Bertz CT molecular complexity index is 635. The van der Waals surface area contributed by atoms with Gasteiger partial charge in [0.2, 0.25) is 5.91 Å². The highest BCUT2D eigenvalue weighted by molar-refractivity contribution is 9.10. The molecule has 2 rings (SSSR count). The summed E-state index contributed by atoms with van der Waals surface area (Å²) < 4.78 is 1.11. The van der Waals surface area contributed by atoms with Crippen molar-refractivity contribution in [3.8, 4) is 0 Å². The van der Waals surface area contributed by atoms with Crippen molar-refractivity contribution in [2.45, 2.75) is 32.4 Å². The summed E-state index contributed by atoms with van der Waals surface area (Å²) in [5, 5.41) is 3.04. The molecule has 4 heteroatoms. The SMILES string of the molecule is Cc1cccc(C)c1NC(=O)CCCSCc1ccc(Br)cc1. The minimum absolute atomic E-state index is 0.103. The molecule has 0 aliphatic carbocycles. The molecule has 0 aromatic heterocycles. The van der Waals surface area contributed by atoms with E-state index >= 15 is 0 Å². The van der Waals surface area contributed by atoms with Crippen LogP contribution in [0.2, 0.25) is 0 Å². The Kier molecular flexibility index (Phi) is 7.18. The number of aryl methyl sites for hydroxylation is 2. The second-order valence-corrected chi connectivity index (χ2v) is 7.62. The average molecular weight is 392 g/mol. The van der Waals surface area contributed by atoms with E-state index in [2.05, 4.69) is 45.5 Å². The van der Waals surface area contributed by atoms with E-state index in [0.29, 0.717) is 6.42 Å². The monoisotopic (exact) mass is 391 g/mol. The van der Waals surface area contributed by atoms with E-state index < -0.39 is 0 Å². The van der Waals surface area contributed by atoms with Gasteiger partial charge in [-0.25, -0.2) is 0 Å². The molecule has 0 saturated carbocycles. The molecule has 2 aromatic carbocycles. The third-order valence-corrected chi connectivity index (χ3v) is 5.26. The van der Waals surface area contributed by atoms with Crippen molar-refractivity contribution in [3.63, 3.8) is 0 Å². The van der Waals surface area contributed by atoms with Crippen LogP contribution in [0.4, 0.5) is 5.69 Å². The molecule has 0 fully saturated rings. The Morgan fingerprint density at radius 1 is 1.09 bits per heavy atom. The number of rotatable bonds is 7. The van der Waals surface area contributed by atoms with Crippen LogP contribution in [0, 0.1) is 13.8 Å². The first-order chi connectivity index (χ1) is 11.1. The van der Waals surface area contributed by atoms with Gasteiger partial charge in [-0.15, -0.1) is 0 Å². The van der Waals surface area contributed by atoms with Crippen molar-refractivity contribution in [3.05, 3.63) is 63.6 Å². The number of hydrogen-bond acceptors (Lipinski definition) is 2. The Balaban J connectivity index is 1.68. The lowest BCUT2D eigenvalue weighted by molar-refractivity contribution is -0.116. The lowest BCUT2D eigenvalue weighted by Crippen LogP contribution is -2.13. The molecular formula is C19H22BrNOS. The van der Waals surface area contributed by atoms with Gasteiger partial charge in [-0.2, -0.15) is 11.8 Å². The van der Waals surface area contributed by atoms with E-state index in [-0.39, 0.29) is 5.91 Å². The standard InChI is InChI=1S/C19H22BrNOS/c1-14-5-3-6-15(2)19(14)21-18(22)7-4-12-23-13-16-8-10-17(20)11-9-16/h3,5-6,8-11H,4,7,12-13H2,1-2H3,(H,21,22). The van der Waals surface area contributed by atoms with Crippen molar-refractivity contribution >= 4 is 39.3 Å². The summed E-state index contributed by atoms with van der Waals surface area (Å²) >= 11 is 5.31. The molecule has 2 aromatic rings. The number of amides is 1. The number of para-hydroxylation sites is 1. The molecule has 0 unspecified atom stereocenters. The summed E-state index contributed by atoms with van der Waals surface area (Å²) in [6.07, 6.45) is 1.47. The topological polar surface area (TPSA) is 29.1 Å². The van der Waals surface area contributed by atoms with Gasteiger partial charge in [-0.05, 0) is 54.8 Å². The summed E-state index contributed by atoms with van der Waals surface area (Å²) in [7, 11) is 0. The average Bonchev–Trinajstić information content (AvgIpc) is 2.52. The molecule has 0 spiro atoms. The van der Waals surface area contributed by atoms with Crippen molar-refractivity contribution < 1.29 is 4.79 Å². The van der Waals surface area contributed by atoms with Crippen LogP contribution < -0.4 is 5.32 Å². The number of halogens is 1. The maximum absolute atomic E-state index is 12.1. The first-order valence-electron chi connectivity index (χ1n) is 7.74. The van der Waals surface area contributed by atoms with Gasteiger partial charge in [0.15, 0.2) is 0 Å². The van der Waals surface area contributed by atoms with Crippen LogP contribution in [0.25, 0.3) is 0 Å². The van der Waals surface area contributed by atoms with Gasteiger partial charge in [-0.3, -0.25) is 4.79 Å². The number of thioether (sulfide) groups is 1. The number of nitrogens with one attached hydrogen (secondary N) is 1. The summed E-state index contributed by atoms with van der Waals surface area (Å²) in [6.45, 7) is 4.05. The van der Waals surface area contributed by atoms with E-state index in [1.165, 1.54) is 5.56 Å². The molecule has 1 amide bonds. The zero-order chi connectivity index (χ0) is 16.7. The molecule has 0 saturated heterocycles. The number of carbonyl (C=O) groups excluding carboxylic acids is 1. The molecule has 23 heavy (non-hydrogen) atoms. The zero-order valence-corrected chi connectivity index (χ0v) is 16.0. The molecule has 0 aliphatic heterocycles. The van der Waals surface area contributed by atoms with E-state index in [4.69, 9.17) is 0 Å². The zero-order valence-electron chi connectivity index (χ0n) is 13.6. The van der Waals surface area contributed by atoms with Crippen LogP contribution in [0.1, 0.15) is 29.5 Å². The van der Waals surface area contributed by atoms with Gasteiger partial charge < -0.3 is 5.32 Å². The molecule has 0 radical (unpaired) electrons. The van der Waals surface area contributed by atoms with Crippen molar-refractivity contribution in [1.82, 2.24) is 0 Å². The summed E-state index contributed by atoms with van der Waals surface area (Å²) in [6, 6.07) is 14.4. The highest BCUT2D eigenvalue weighted by atomic mass is 79.9. The van der Waals surface area contributed by atoms with Crippen molar-refractivity contribution in [2.24, 2.45) is 0 Å². The van der Waals surface area contributed by atoms with Crippen LogP contribution in [0.15, 0.2) is 46.9 Å². The van der Waals surface area contributed by atoms with Gasteiger partial charge in [0.05, 0.1) is 0 Å². The molecule has 122 valence electrons. The van der Waals surface area contributed by atoms with Crippen LogP contribution >= 0.6 is 27.7 Å². The predicted octanol–water partition coefficient (Wildman–Crippen LogP) is 5.72. The number of benzene rings is 2. The summed E-state index contributed by atoms with van der Waals surface area (Å²) in [5.74, 6) is 2.09. The quantitative estimate of drug-likeness (QED) is 0.611. The highest BCUT2D eigenvalue weighted by Crippen LogP contribution is 2.20. The Morgan fingerprint density at radius 3 is 2.39 bits per heavy atom. The maximum Gasteiger partial charge on any atom is 0.224 e. The molecule has 1 N–H and O–H groups in total. The minimum Gasteiger partial charge on any atom is -0.326 e. The smallest absolute Gasteiger partial charge is 0.224 e. The largest absolute Gasteiger partial charge is 0.326 e. The van der Waals surface area contributed by atoms with Gasteiger partial charge in [0.25, 0.3) is 0 Å². The second-order valence-electron chi connectivity index (χ2n) is 5.60. The van der Waals surface area contributed by atoms with E-state index in [9.17, 15) is 4.79 Å². The van der Waals surface area contributed by atoms with Gasteiger partial charge in [0, 0.05) is 22.3 Å². The van der Waals surface area contributed by atoms with Gasteiger partial charge in [-0.1, -0.05) is 46.3 Å². The number of anilines is 1. The number of hydrogen-bond donors (Lipinski definition) is 1. The molecular weight excluding hydrogens is 370 g/mol. The molecule has 0 atom stereocenters. The second kappa shape index (κ2) is 9.14. The minimum atomic E-state index is 0.103. The fourth-order valence-electron chi connectivity index (χ4n) is 2.32. The Labute approximate surface area is 151 Å². The first-order valence-corrected chi connectivity index (χ1v) is 9.69. The first kappa shape index (κ1) is 18.1. The van der Waals surface area contributed by atoms with Crippen LogP contribution in [-0.2, 0) is 10.5 Å². The van der Waals surface area contributed by atoms with Crippen LogP contribution in [0.5, 0.6) is 0 Å². The molecule has 2 nitrogen and oxygen atoms in total. The third-order valence-electron chi connectivity index (χ3n) is 3.62. The van der Waals surface area contributed by atoms with Crippen LogP contribution in [-0.4, -0.2) is 11.7 Å². The van der Waals surface area contributed by atoms with Crippen LogP contribution in [0.3, 0.4) is 0 Å². The predicted molar refractivity (Wildman–Crippen MR) is 104 cm³/mol. The summed E-state index contributed by atoms with van der Waals surface area (Å²) in [4.78, 5) is 12.1. The Morgan fingerprint density at radius 2 is 1.74 bits per heavy atom. The summed E-state index contributed by atoms with van der Waals surface area (Å²) in [5.41, 5.74) is 4.50. The molecule has 0 heterocycles. The fraction of sp³-hybridized carbons (Fsp3) is 0.316. The lowest BCUT2D eigenvalue weighted by atomic mass is 10.1.